The van der Waals surface area contributed by atoms with E-state index in [2.05, 4.69) is 30.6 Å². The summed E-state index contributed by atoms with van der Waals surface area (Å²) in [7, 11) is 0. The van der Waals surface area contributed by atoms with Gasteiger partial charge in [-0.05, 0) is 25.3 Å². The Bertz CT molecular complexity index is 256. The molecule has 1 atom stereocenters. The molecule has 1 unspecified atom stereocenters. The fraction of sp³-hybridized carbons (Fsp3) is 0.700. The number of aryl methyl sites for hydroxylation is 1. The van der Waals surface area contributed by atoms with Crippen molar-refractivity contribution in [2.24, 2.45) is 5.84 Å². The highest BCUT2D eigenvalue weighted by Gasteiger charge is 2.07. The van der Waals surface area contributed by atoms with E-state index in [1.54, 1.807) is 0 Å². The highest BCUT2D eigenvalue weighted by Crippen LogP contribution is 2.06. The monoisotopic (exact) mass is 196 g/mol. The highest BCUT2D eigenvalue weighted by molar-refractivity contribution is 5.05. The molecule has 1 aromatic rings. The minimum atomic E-state index is 0.370. The maximum atomic E-state index is 5.47. The quantitative estimate of drug-likeness (QED) is 0.528. The molecule has 4 heteroatoms. The summed E-state index contributed by atoms with van der Waals surface area (Å²) in [6.45, 7) is 5.18. The van der Waals surface area contributed by atoms with Gasteiger partial charge in [-0.15, -0.1) is 0 Å². The molecule has 1 heterocycles. The van der Waals surface area contributed by atoms with E-state index in [0.29, 0.717) is 6.04 Å². The second-order valence-electron chi connectivity index (χ2n) is 3.56. The second kappa shape index (κ2) is 5.78. The number of hydrazine groups is 1. The number of hydrogen-bond donors (Lipinski definition) is 2. The zero-order valence-electron chi connectivity index (χ0n) is 9.03. The van der Waals surface area contributed by atoms with Crippen LogP contribution < -0.4 is 11.3 Å². The van der Waals surface area contributed by atoms with Crippen molar-refractivity contribution >= 4 is 0 Å². The number of nitrogens with two attached hydrogens (primary N) is 1. The lowest BCUT2D eigenvalue weighted by atomic mass is 10.1. The minimum absolute atomic E-state index is 0.370. The maximum absolute atomic E-state index is 5.47. The zero-order valence-corrected chi connectivity index (χ0v) is 9.03. The molecule has 4 nitrogen and oxygen atoms in total. The van der Waals surface area contributed by atoms with Crippen LogP contribution in [0.25, 0.3) is 0 Å². The number of nitrogens with zero attached hydrogens (tertiary/aromatic N) is 2. The Kier molecular flexibility index (Phi) is 4.62. The Morgan fingerprint density at radius 3 is 2.86 bits per heavy atom. The van der Waals surface area contributed by atoms with Crippen LogP contribution in [0.4, 0.5) is 0 Å². The van der Waals surface area contributed by atoms with E-state index in [-0.39, 0.29) is 0 Å². The van der Waals surface area contributed by atoms with Crippen molar-refractivity contribution in [2.45, 2.75) is 45.7 Å². The topological polar surface area (TPSA) is 55.9 Å². The van der Waals surface area contributed by atoms with Crippen LogP contribution in [0.1, 0.15) is 32.3 Å². The molecule has 80 valence electrons. The standard InChI is InChI=1S/C10H20N4/c1-3-5-10(13-11)6-9-7-12-14(4-2)8-9/h7-8,10,13H,3-6,11H2,1-2H3. The minimum Gasteiger partial charge on any atom is -0.273 e. The molecule has 0 aliphatic carbocycles. The van der Waals surface area contributed by atoms with Gasteiger partial charge in [-0.25, -0.2) is 0 Å². The smallest absolute Gasteiger partial charge is 0.0522 e. The van der Waals surface area contributed by atoms with Crippen LogP contribution in [0.5, 0.6) is 0 Å². The van der Waals surface area contributed by atoms with E-state index in [0.717, 1.165) is 25.8 Å². The van der Waals surface area contributed by atoms with Crippen LogP contribution in [0, 0.1) is 0 Å². The van der Waals surface area contributed by atoms with Crippen molar-refractivity contribution in [1.82, 2.24) is 15.2 Å². The molecule has 0 radical (unpaired) electrons. The molecule has 14 heavy (non-hydrogen) atoms. The van der Waals surface area contributed by atoms with Crippen molar-refractivity contribution in [3.8, 4) is 0 Å². The van der Waals surface area contributed by atoms with Gasteiger partial charge in [0.05, 0.1) is 6.20 Å². The van der Waals surface area contributed by atoms with Gasteiger partial charge in [-0.1, -0.05) is 13.3 Å². The van der Waals surface area contributed by atoms with Crippen molar-refractivity contribution in [3.63, 3.8) is 0 Å². The Labute approximate surface area is 85.5 Å². The van der Waals surface area contributed by atoms with E-state index in [1.165, 1.54) is 5.56 Å². The van der Waals surface area contributed by atoms with Crippen LogP contribution in [0.2, 0.25) is 0 Å². The van der Waals surface area contributed by atoms with Gasteiger partial charge in [0.15, 0.2) is 0 Å². The third-order valence-corrected chi connectivity index (χ3v) is 2.37. The van der Waals surface area contributed by atoms with Gasteiger partial charge >= 0.3 is 0 Å². The van der Waals surface area contributed by atoms with Crippen LogP contribution in [-0.4, -0.2) is 15.8 Å². The average Bonchev–Trinajstić information content (AvgIpc) is 2.65. The highest BCUT2D eigenvalue weighted by atomic mass is 15.3. The van der Waals surface area contributed by atoms with Gasteiger partial charge in [-0.3, -0.25) is 16.0 Å². The molecule has 0 aliphatic heterocycles. The second-order valence-corrected chi connectivity index (χ2v) is 3.56. The van der Waals surface area contributed by atoms with Crippen molar-refractivity contribution in [2.75, 3.05) is 0 Å². The zero-order chi connectivity index (χ0) is 10.4. The van der Waals surface area contributed by atoms with E-state index in [9.17, 15) is 0 Å². The molecule has 0 spiro atoms. The molecule has 0 aromatic carbocycles. The summed E-state index contributed by atoms with van der Waals surface area (Å²) in [4.78, 5) is 0. The van der Waals surface area contributed by atoms with E-state index in [1.807, 2.05) is 10.9 Å². The van der Waals surface area contributed by atoms with Gasteiger partial charge in [0.25, 0.3) is 0 Å². The molecular weight excluding hydrogens is 176 g/mol. The molecular formula is C10H20N4. The lowest BCUT2D eigenvalue weighted by Crippen LogP contribution is -2.36. The van der Waals surface area contributed by atoms with E-state index >= 15 is 0 Å². The molecule has 0 saturated carbocycles. The van der Waals surface area contributed by atoms with Crippen LogP contribution >= 0.6 is 0 Å². The van der Waals surface area contributed by atoms with Gasteiger partial charge < -0.3 is 0 Å². The predicted octanol–water partition coefficient (Wildman–Crippen LogP) is 1.08. The molecule has 3 N–H and O–H groups in total. The number of rotatable bonds is 6. The summed E-state index contributed by atoms with van der Waals surface area (Å²) >= 11 is 0. The number of hydrogen-bond acceptors (Lipinski definition) is 3. The van der Waals surface area contributed by atoms with Crippen molar-refractivity contribution in [3.05, 3.63) is 18.0 Å². The van der Waals surface area contributed by atoms with Gasteiger partial charge in [0.2, 0.25) is 0 Å². The van der Waals surface area contributed by atoms with Gasteiger partial charge in [0, 0.05) is 18.8 Å². The number of nitrogens with one attached hydrogen (secondary N) is 1. The van der Waals surface area contributed by atoms with Crippen LogP contribution in [0.15, 0.2) is 12.4 Å². The fourth-order valence-electron chi connectivity index (χ4n) is 1.56. The predicted molar refractivity (Wildman–Crippen MR) is 57.6 cm³/mol. The Balaban J connectivity index is 2.48. The SMILES string of the molecule is CCCC(Cc1cnn(CC)c1)NN. The average molecular weight is 196 g/mol. The van der Waals surface area contributed by atoms with Crippen LogP contribution in [0.3, 0.4) is 0 Å². The summed E-state index contributed by atoms with van der Waals surface area (Å²) in [5.74, 6) is 5.47. The molecule has 1 rings (SSSR count). The molecule has 0 aliphatic rings. The summed E-state index contributed by atoms with van der Waals surface area (Å²) in [6, 6.07) is 0.370. The maximum Gasteiger partial charge on any atom is 0.0522 e. The van der Waals surface area contributed by atoms with Gasteiger partial charge in [0.1, 0.15) is 0 Å². The normalized spacial score (nSPS) is 13.1. The Hall–Kier alpha value is -0.870. The first kappa shape index (κ1) is 11.2. The third kappa shape index (κ3) is 3.12. The molecule has 0 amide bonds. The summed E-state index contributed by atoms with van der Waals surface area (Å²) in [6.07, 6.45) is 7.22. The van der Waals surface area contributed by atoms with E-state index < -0.39 is 0 Å². The Morgan fingerprint density at radius 2 is 2.36 bits per heavy atom. The first-order valence-corrected chi connectivity index (χ1v) is 5.27. The van der Waals surface area contributed by atoms with Crippen molar-refractivity contribution < 1.29 is 0 Å². The molecule has 0 fully saturated rings. The Morgan fingerprint density at radius 1 is 1.57 bits per heavy atom. The summed E-state index contributed by atoms with van der Waals surface area (Å²) in [5, 5.41) is 4.23. The lowest BCUT2D eigenvalue weighted by Gasteiger charge is -2.12. The first-order chi connectivity index (χ1) is 6.80. The molecule has 0 bridgehead atoms. The third-order valence-electron chi connectivity index (χ3n) is 2.37. The lowest BCUT2D eigenvalue weighted by molar-refractivity contribution is 0.486. The summed E-state index contributed by atoms with van der Waals surface area (Å²) in [5.41, 5.74) is 4.09. The fourth-order valence-corrected chi connectivity index (χ4v) is 1.56. The summed E-state index contributed by atoms with van der Waals surface area (Å²) < 4.78 is 1.94. The number of aromatic nitrogens is 2. The molecule has 1 aromatic heterocycles. The van der Waals surface area contributed by atoms with Crippen molar-refractivity contribution in [1.29, 1.82) is 0 Å². The largest absolute Gasteiger partial charge is 0.273 e. The first-order valence-electron chi connectivity index (χ1n) is 5.27. The van der Waals surface area contributed by atoms with Crippen LogP contribution in [-0.2, 0) is 13.0 Å². The molecule has 0 saturated heterocycles. The van der Waals surface area contributed by atoms with E-state index in [4.69, 9.17) is 5.84 Å². The van der Waals surface area contributed by atoms with Gasteiger partial charge in [-0.2, -0.15) is 5.10 Å².